The van der Waals surface area contributed by atoms with E-state index in [0.29, 0.717) is 75.8 Å². The summed E-state index contributed by atoms with van der Waals surface area (Å²) in [6.07, 6.45) is -2.19. The zero-order valence-electron chi connectivity index (χ0n) is 68.0. The predicted molar refractivity (Wildman–Crippen MR) is 443 cm³/mol. The third kappa shape index (κ3) is 31.0. The molecule has 662 valence electrons. The Morgan fingerprint density at radius 3 is 1.47 bits per heavy atom. The number of fused-ring (bicyclic) bond motifs is 1. The first-order valence-electron chi connectivity index (χ1n) is 39.5. The molecular formula is C81H99ClN20O22. The molecule has 4 aromatic carbocycles. The van der Waals surface area contributed by atoms with E-state index >= 15 is 0 Å². The molecule has 0 saturated carbocycles. The third-order valence-electron chi connectivity index (χ3n) is 19.6. The van der Waals surface area contributed by atoms with Crippen molar-refractivity contribution >= 4 is 135 Å². The summed E-state index contributed by atoms with van der Waals surface area (Å²) >= 11 is 6.16. The van der Waals surface area contributed by atoms with Crippen molar-refractivity contribution in [3.8, 4) is 28.2 Å². The lowest BCUT2D eigenvalue weighted by Gasteiger charge is -2.29. The van der Waals surface area contributed by atoms with E-state index in [2.05, 4.69) is 78.8 Å². The number of carboxylic acid groups (broad SMARTS) is 5. The number of hydrogen-bond donors (Lipinski definition) is 18. The van der Waals surface area contributed by atoms with Crippen molar-refractivity contribution in [3.05, 3.63) is 132 Å². The van der Waals surface area contributed by atoms with Crippen LogP contribution in [-0.4, -0.2) is 222 Å². The number of nitrogens with one attached hydrogen (secondary N) is 11. The Hall–Kier alpha value is -14.4. The van der Waals surface area contributed by atoms with E-state index < -0.39 is 232 Å². The zero-order chi connectivity index (χ0) is 90.9. The lowest BCUT2D eigenvalue weighted by Crippen LogP contribution is -2.60. The number of amides is 12. The molecule has 0 radical (unpaired) electrons. The third-order valence-corrected chi connectivity index (χ3v) is 19.8. The number of nitrogen functional groups attached to an aromatic ring is 1. The highest BCUT2D eigenvalue weighted by Crippen LogP contribution is 2.33. The monoisotopic (exact) mass is 1740 g/mol. The summed E-state index contributed by atoms with van der Waals surface area (Å²) in [5.74, 6) is -19.9. The van der Waals surface area contributed by atoms with Crippen molar-refractivity contribution < 1.29 is 107 Å². The van der Waals surface area contributed by atoms with Gasteiger partial charge in [0.2, 0.25) is 70.9 Å². The number of nitrogens with zero attached hydrogens (tertiary/aromatic N) is 7. The molecule has 43 heteroatoms. The summed E-state index contributed by atoms with van der Waals surface area (Å²) < 4.78 is 3.37. The lowest BCUT2D eigenvalue weighted by atomic mass is 9.96. The smallest absolute Gasteiger partial charge is 0.303 e. The van der Waals surface area contributed by atoms with Gasteiger partial charge in [-0.25, -0.2) is 14.6 Å². The van der Waals surface area contributed by atoms with Crippen LogP contribution >= 0.6 is 11.6 Å². The van der Waals surface area contributed by atoms with Gasteiger partial charge < -0.3 is 95.5 Å². The first-order valence-corrected chi connectivity index (χ1v) is 39.9. The molecular weight excluding hydrogens is 1640 g/mol. The first kappa shape index (κ1) is 96.8. The molecule has 124 heavy (non-hydrogen) atoms. The highest BCUT2D eigenvalue weighted by molar-refractivity contribution is 6.30. The zero-order valence-corrected chi connectivity index (χ0v) is 68.8. The second kappa shape index (κ2) is 47.6. The molecule has 0 fully saturated rings. The Morgan fingerprint density at radius 2 is 0.952 bits per heavy atom. The number of carbonyl (C=O) groups excluding carboxylic acids is 12. The molecule has 0 bridgehead atoms. The fourth-order valence-electron chi connectivity index (χ4n) is 12.6. The number of nitrogens with two attached hydrogens (primary N) is 2. The maximum atomic E-state index is 14.8. The minimum absolute atomic E-state index is 0.104. The number of carboxylic acids is 5. The maximum Gasteiger partial charge on any atom is 0.303 e. The second-order valence-corrected chi connectivity index (χ2v) is 29.6. The molecule has 1 unspecified atom stereocenters. The number of aliphatic carboxylic acids is 5. The van der Waals surface area contributed by atoms with Crippen molar-refractivity contribution in [2.45, 2.75) is 198 Å². The van der Waals surface area contributed by atoms with Crippen molar-refractivity contribution in [1.29, 1.82) is 0 Å². The van der Waals surface area contributed by atoms with E-state index in [1.54, 1.807) is 64.9 Å². The van der Waals surface area contributed by atoms with Crippen molar-refractivity contribution in [2.24, 2.45) is 11.7 Å². The van der Waals surface area contributed by atoms with Crippen LogP contribution in [0.3, 0.4) is 0 Å². The van der Waals surface area contributed by atoms with Gasteiger partial charge in [-0.3, -0.25) is 86.2 Å². The van der Waals surface area contributed by atoms with E-state index in [1.807, 2.05) is 36.4 Å². The Kier molecular flexibility index (Phi) is 37.1. The van der Waals surface area contributed by atoms with Gasteiger partial charge in [0.25, 0.3) is 0 Å². The van der Waals surface area contributed by atoms with E-state index in [4.69, 9.17) is 28.2 Å². The largest absolute Gasteiger partial charge is 0.481 e. The van der Waals surface area contributed by atoms with Gasteiger partial charge in [0.05, 0.1) is 23.8 Å². The summed E-state index contributed by atoms with van der Waals surface area (Å²) in [6.45, 7) is 4.85. The SMILES string of the molecule is CCC(C)[C@@H](NC(=O)[C@@H](CCC(=O)O)NC(=O)[C@@H](CCC(=O)O)NC(=O)[C@@H](CCC(=O)O)NC(C)=O)C(=O)N[C@H](Cc1ccc(NC(=O)CCCCCn2cc(-c3ccc(-n4nc(-c5ccc(Cl)cc5)c5c(N)ncnc54)cc3)nn2)cc1)C(=O)NCC(=O)N[C@H](CCC(=O)O)C(=O)N[C@H](Cc1ccccc1)C(=O)N[C@H](CCC(=O)O)C(=O)N[C@H](C)C(N)=O. The summed E-state index contributed by atoms with van der Waals surface area (Å²) in [7, 11) is 0. The minimum Gasteiger partial charge on any atom is -0.481 e. The molecule has 0 aliphatic heterocycles. The number of unbranched alkanes of at least 4 members (excludes halogenated alkanes) is 2. The summed E-state index contributed by atoms with van der Waals surface area (Å²) in [4.78, 5) is 232. The van der Waals surface area contributed by atoms with Gasteiger partial charge in [0.1, 0.15) is 77.9 Å². The van der Waals surface area contributed by atoms with Gasteiger partial charge >= 0.3 is 29.8 Å². The Bertz CT molecular complexity index is 4990. The van der Waals surface area contributed by atoms with Crippen LogP contribution in [0.5, 0.6) is 0 Å². The molecule has 3 heterocycles. The summed E-state index contributed by atoms with van der Waals surface area (Å²) in [6, 6.07) is 13.7. The van der Waals surface area contributed by atoms with Crippen molar-refractivity contribution in [2.75, 3.05) is 17.6 Å². The lowest BCUT2D eigenvalue weighted by molar-refractivity contribution is -0.140. The first-order chi connectivity index (χ1) is 58.9. The number of aromatic nitrogens is 7. The number of carbonyl (C=O) groups is 17. The summed E-state index contributed by atoms with van der Waals surface area (Å²) in [5, 5.41) is 89.0. The van der Waals surface area contributed by atoms with Gasteiger partial charge in [-0.1, -0.05) is 110 Å². The standard InChI is InChI=1S/C81H99ClN20O22/c1-5-43(2)69(97-79(122)57(31-36-67(114)115)93-78(121)56(30-35-66(112)113)92-76(119)53(89-45(4)103)27-32-63(106)107)81(124)96-58(74(117)85-40-62(105)91-54(28-33-64(108)109)77(120)95-59(38-46-12-8-6-9-13-46)80(123)94-55(29-34-65(110)111)75(118)88-44(3)72(84)116)39-47-15-23-51(24-16-47)90-61(104)14-10-7-11-37-101-41-60(98-100-101)48-19-25-52(26-20-48)102-73-68(71(83)86-42-87-73)70(99-102)49-17-21-50(82)22-18-49/h6,8-9,12-13,15-26,41-44,53-59,69H,5,7,10-11,14,27-40H2,1-4H3,(H2,84,116)(H,85,117)(H,88,118)(H,89,103)(H,90,104)(H,91,105)(H,92,119)(H,93,121)(H,94,123)(H,95,120)(H,96,124)(H,97,122)(H,106,107)(H,108,109)(H,110,111)(H,112,113)(H,114,115)(H2,83,86,87)/t43?,44-,53-,54-,55-,56-,57-,58-,59-,69-/m1/s1. The van der Waals surface area contributed by atoms with Crippen LogP contribution < -0.4 is 70.0 Å². The van der Waals surface area contributed by atoms with Gasteiger partial charge in [-0.15, -0.1) is 5.10 Å². The number of rotatable bonds is 51. The molecule has 0 saturated heterocycles. The molecule has 20 N–H and O–H groups in total. The second-order valence-electron chi connectivity index (χ2n) is 29.2. The number of benzene rings is 4. The van der Waals surface area contributed by atoms with Crippen LogP contribution in [0.2, 0.25) is 5.02 Å². The van der Waals surface area contributed by atoms with Crippen LogP contribution in [0, 0.1) is 5.92 Å². The van der Waals surface area contributed by atoms with Gasteiger partial charge in [-0.2, -0.15) is 5.10 Å². The van der Waals surface area contributed by atoms with Gasteiger partial charge in [0.15, 0.2) is 5.65 Å². The molecule has 12 amide bonds. The maximum absolute atomic E-state index is 14.8. The van der Waals surface area contributed by atoms with E-state index in [-0.39, 0.29) is 31.0 Å². The topological polar surface area (TPSA) is 650 Å². The Labute approximate surface area is 713 Å². The number of hydrogen-bond acceptors (Lipinski definition) is 23. The molecule has 0 aliphatic rings. The molecule has 10 atom stereocenters. The average molecular weight is 1740 g/mol. The minimum atomic E-state index is -1.86. The Morgan fingerprint density at radius 1 is 0.484 bits per heavy atom. The van der Waals surface area contributed by atoms with E-state index in [0.717, 1.165) is 18.1 Å². The van der Waals surface area contributed by atoms with E-state index in [9.17, 15) is 107 Å². The Balaban J connectivity index is 1.06. The molecule has 7 rings (SSSR count). The fraction of sp³-hybridized carbons (Fsp3) is 0.407. The van der Waals surface area contributed by atoms with Crippen LogP contribution in [0.25, 0.3) is 39.2 Å². The number of halogens is 1. The van der Waals surface area contributed by atoms with E-state index in [1.165, 1.54) is 44.4 Å². The highest BCUT2D eigenvalue weighted by atomic mass is 35.5. The number of primary amides is 1. The molecule has 3 aromatic heterocycles. The molecule has 42 nitrogen and oxygen atoms in total. The number of aryl methyl sites for hydroxylation is 1. The van der Waals surface area contributed by atoms with Gasteiger partial charge in [-0.05, 0) is 105 Å². The average Bonchev–Trinajstić information content (AvgIpc) is 1.61. The van der Waals surface area contributed by atoms with Crippen LogP contribution in [-0.2, 0) is 101 Å². The van der Waals surface area contributed by atoms with Crippen LogP contribution in [0.4, 0.5) is 11.5 Å². The molecule has 7 aromatic rings. The molecule has 0 aliphatic carbocycles. The highest BCUT2D eigenvalue weighted by Gasteiger charge is 2.37. The van der Waals surface area contributed by atoms with Crippen LogP contribution in [0.1, 0.15) is 135 Å². The van der Waals surface area contributed by atoms with Crippen molar-refractivity contribution in [1.82, 2.24) is 87.9 Å². The quantitative estimate of drug-likeness (QED) is 0.0239. The normalized spacial score (nSPS) is 13.5. The molecule has 0 spiro atoms. The number of anilines is 2. The van der Waals surface area contributed by atoms with Crippen LogP contribution in [0.15, 0.2) is 116 Å². The fourth-order valence-corrected chi connectivity index (χ4v) is 12.7. The van der Waals surface area contributed by atoms with Gasteiger partial charge in [0, 0.05) is 86.7 Å². The summed E-state index contributed by atoms with van der Waals surface area (Å²) in [5.41, 5.74) is 16.6. The predicted octanol–water partition coefficient (Wildman–Crippen LogP) is 1.34. The van der Waals surface area contributed by atoms with Crippen molar-refractivity contribution in [3.63, 3.8) is 0 Å².